The van der Waals surface area contributed by atoms with E-state index in [1.807, 2.05) is 0 Å². The molecule has 9 heteroatoms. The highest BCUT2D eigenvalue weighted by molar-refractivity contribution is 5.46. The Morgan fingerprint density at radius 1 is 1.47 bits per heavy atom. The molecule has 0 spiro atoms. The van der Waals surface area contributed by atoms with Gasteiger partial charge in [0.05, 0.1) is 11.0 Å². The topological polar surface area (TPSA) is 76.2 Å². The number of halogens is 4. The molecule has 102 valence electrons. The van der Waals surface area contributed by atoms with E-state index < -0.39 is 40.9 Å². The van der Waals surface area contributed by atoms with E-state index in [0.29, 0.717) is 6.07 Å². The number of alkyl halides is 3. The monoisotopic (exact) mass is 278 g/mol. The average molecular weight is 278 g/mol. The van der Waals surface area contributed by atoms with Crippen LogP contribution in [0, 0.1) is 33.2 Å². The van der Waals surface area contributed by atoms with Gasteiger partial charge in [-0.15, -0.1) is 0 Å². The fourth-order valence-corrected chi connectivity index (χ4v) is 1.13. The lowest BCUT2D eigenvalue weighted by Crippen LogP contribution is -2.27. The van der Waals surface area contributed by atoms with E-state index in [0.717, 1.165) is 18.2 Å². The number of rotatable bonds is 4. The highest BCUT2D eigenvalue weighted by Gasteiger charge is 2.40. The molecule has 0 aromatic heterocycles. The maximum absolute atomic E-state index is 12.9. The Labute approximate surface area is 104 Å². The summed E-state index contributed by atoms with van der Waals surface area (Å²) < 4.78 is 54.1. The fraction of sp³-hybridized carbons (Fsp3) is 0.300. The molecule has 0 N–H and O–H groups in total. The first-order valence-electron chi connectivity index (χ1n) is 4.78. The second-order valence-corrected chi connectivity index (χ2v) is 3.40. The number of nitro benzene ring substituents is 1. The Balaban J connectivity index is 2.91. The molecular weight excluding hydrogens is 272 g/mol. The van der Waals surface area contributed by atoms with Gasteiger partial charge in [0.1, 0.15) is 12.4 Å². The van der Waals surface area contributed by atoms with Crippen LogP contribution in [0.2, 0.25) is 0 Å². The van der Waals surface area contributed by atoms with Crippen LogP contribution in [-0.4, -0.2) is 17.7 Å². The van der Waals surface area contributed by atoms with Gasteiger partial charge in [0.25, 0.3) is 0 Å². The smallest absolute Gasteiger partial charge is 0.407 e. The molecule has 0 aliphatic heterocycles. The zero-order chi connectivity index (χ0) is 14.6. The van der Waals surface area contributed by atoms with Crippen molar-refractivity contribution in [3.05, 3.63) is 34.1 Å². The number of nitrogens with zero attached hydrogens (tertiary/aromatic N) is 2. The third-order valence-electron chi connectivity index (χ3n) is 2.08. The van der Waals surface area contributed by atoms with Gasteiger partial charge in [0.2, 0.25) is 0 Å². The molecular formula is C10H6F4N2O3. The lowest BCUT2D eigenvalue weighted by molar-refractivity contribution is -0.386. The van der Waals surface area contributed by atoms with Crippen LogP contribution in [0.5, 0.6) is 5.75 Å². The number of benzene rings is 1. The summed E-state index contributed by atoms with van der Waals surface area (Å²) in [5.41, 5.74) is -0.680. The Morgan fingerprint density at radius 3 is 2.58 bits per heavy atom. The Kier molecular flexibility index (Phi) is 4.26. The van der Waals surface area contributed by atoms with Crippen LogP contribution in [0.4, 0.5) is 23.2 Å². The first-order chi connectivity index (χ1) is 8.75. The summed E-state index contributed by atoms with van der Waals surface area (Å²) in [6.45, 7) is -1.15. The first kappa shape index (κ1) is 14.7. The molecule has 19 heavy (non-hydrogen) atoms. The Hall–Kier alpha value is -2.37. The minimum absolute atomic E-state index is 0.586. The summed E-state index contributed by atoms with van der Waals surface area (Å²) in [5, 5.41) is 18.9. The second kappa shape index (κ2) is 5.51. The summed E-state index contributed by atoms with van der Waals surface area (Å²) in [4.78, 5) is 9.63. The van der Waals surface area contributed by atoms with Crippen LogP contribution in [-0.2, 0) is 0 Å². The quantitative estimate of drug-likeness (QED) is 0.482. The zero-order valence-corrected chi connectivity index (χ0v) is 9.15. The van der Waals surface area contributed by atoms with Crippen LogP contribution in [0.3, 0.4) is 0 Å². The number of ether oxygens (including phenoxy) is 1. The Morgan fingerprint density at radius 2 is 2.11 bits per heavy atom. The van der Waals surface area contributed by atoms with Crippen molar-refractivity contribution in [1.29, 1.82) is 5.26 Å². The fourth-order valence-electron chi connectivity index (χ4n) is 1.13. The van der Waals surface area contributed by atoms with Crippen LogP contribution in [0.1, 0.15) is 0 Å². The van der Waals surface area contributed by atoms with Crippen molar-refractivity contribution in [2.75, 3.05) is 6.61 Å². The van der Waals surface area contributed by atoms with Crippen molar-refractivity contribution in [3.63, 3.8) is 0 Å². The van der Waals surface area contributed by atoms with Crippen LogP contribution in [0.25, 0.3) is 0 Å². The lowest BCUT2D eigenvalue weighted by atomic mass is 10.2. The van der Waals surface area contributed by atoms with Crippen molar-refractivity contribution in [1.82, 2.24) is 0 Å². The molecule has 0 amide bonds. The van der Waals surface area contributed by atoms with Gasteiger partial charge in [-0.25, -0.2) is 4.39 Å². The molecule has 0 saturated heterocycles. The van der Waals surface area contributed by atoms with E-state index in [9.17, 15) is 27.7 Å². The van der Waals surface area contributed by atoms with Crippen molar-refractivity contribution < 1.29 is 27.2 Å². The molecule has 1 rings (SSSR count). The largest absolute Gasteiger partial charge is 0.485 e. The van der Waals surface area contributed by atoms with Gasteiger partial charge in [-0.05, 0) is 6.07 Å². The van der Waals surface area contributed by atoms with Gasteiger partial charge in [-0.1, -0.05) is 0 Å². The highest BCUT2D eigenvalue weighted by atomic mass is 19.4. The van der Waals surface area contributed by atoms with Gasteiger partial charge in [0, 0.05) is 12.1 Å². The normalized spacial score (nSPS) is 12.6. The maximum atomic E-state index is 12.9. The van der Waals surface area contributed by atoms with Gasteiger partial charge in [-0.3, -0.25) is 10.1 Å². The SMILES string of the molecule is N#CC(COc1cc(F)ccc1[N+](=O)[O-])C(F)(F)F. The minimum Gasteiger partial charge on any atom is -0.485 e. The lowest BCUT2D eigenvalue weighted by Gasteiger charge is -2.14. The van der Waals surface area contributed by atoms with Gasteiger partial charge in [-0.2, -0.15) is 18.4 Å². The molecule has 0 heterocycles. The van der Waals surface area contributed by atoms with E-state index in [1.165, 1.54) is 0 Å². The molecule has 0 aliphatic rings. The van der Waals surface area contributed by atoms with E-state index in [-0.39, 0.29) is 0 Å². The summed E-state index contributed by atoms with van der Waals surface area (Å²) >= 11 is 0. The average Bonchev–Trinajstić information content (AvgIpc) is 2.27. The minimum atomic E-state index is -4.82. The predicted molar refractivity (Wildman–Crippen MR) is 53.7 cm³/mol. The van der Waals surface area contributed by atoms with Crippen molar-refractivity contribution in [2.24, 2.45) is 5.92 Å². The van der Waals surface area contributed by atoms with Crippen molar-refractivity contribution in [2.45, 2.75) is 6.18 Å². The molecule has 0 saturated carbocycles. The summed E-state index contributed by atoms with van der Waals surface area (Å²) in [7, 11) is 0. The van der Waals surface area contributed by atoms with Crippen LogP contribution in [0.15, 0.2) is 18.2 Å². The standard InChI is InChI=1S/C10H6F4N2O3/c11-7-1-2-8(16(17)18)9(3-7)19-5-6(4-15)10(12,13)14/h1-3,6H,5H2. The van der Waals surface area contributed by atoms with Gasteiger partial charge < -0.3 is 4.74 Å². The third-order valence-corrected chi connectivity index (χ3v) is 2.08. The van der Waals surface area contributed by atoms with Crippen molar-refractivity contribution in [3.8, 4) is 11.8 Å². The summed E-state index contributed by atoms with van der Waals surface area (Å²) in [6.07, 6.45) is -4.82. The summed E-state index contributed by atoms with van der Waals surface area (Å²) in [6, 6.07) is 3.09. The van der Waals surface area contributed by atoms with E-state index in [4.69, 9.17) is 5.26 Å². The zero-order valence-electron chi connectivity index (χ0n) is 9.15. The molecule has 0 bridgehead atoms. The van der Waals surface area contributed by atoms with E-state index >= 15 is 0 Å². The second-order valence-electron chi connectivity index (χ2n) is 3.40. The molecule has 5 nitrogen and oxygen atoms in total. The Bertz CT molecular complexity index is 524. The third kappa shape index (κ3) is 3.80. The number of nitro groups is 1. The van der Waals surface area contributed by atoms with Crippen LogP contribution < -0.4 is 4.74 Å². The molecule has 0 aliphatic carbocycles. The molecule has 1 unspecified atom stereocenters. The first-order valence-corrected chi connectivity index (χ1v) is 4.78. The number of nitriles is 1. The van der Waals surface area contributed by atoms with E-state index in [1.54, 1.807) is 0 Å². The van der Waals surface area contributed by atoms with Crippen molar-refractivity contribution >= 4 is 5.69 Å². The highest BCUT2D eigenvalue weighted by Crippen LogP contribution is 2.30. The summed E-state index contributed by atoms with van der Waals surface area (Å²) in [5.74, 6) is -4.01. The molecule has 1 atom stereocenters. The maximum Gasteiger partial charge on any atom is 0.407 e. The number of hydrogen-bond donors (Lipinski definition) is 0. The van der Waals surface area contributed by atoms with E-state index in [2.05, 4.69) is 4.74 Å². The molecule has 0 fully saturated rings. The molecule has 0 radical (unpaired) electrons. The van der Waals surface area contributed by atoms with Gasteiger partial charge >= 0.3 is 11.9 Å². The molecule has 1 aromatic rings. The number of hydrogen-bond acceptors (Lipinski definition) is 4. The predicted octanol–water partition coefficient (Wildman–Crippen LogP) is 2.81. The van der Waals surface area contributed by atoms with Gasteiger partial charge in [0.15, 0.2) is 11.7 Å². The molecule has 1 aromatic carbocycles. The van der Waals surface area contributed by atoms with Crippen LogP contribution >= 0.6 is 0 Å².